The summed E-state index contributed by atoms with van der Waals surface area (Å²) >= 11 is 0. The van der Waals surface area contributed by atoms with Crippen LogP contribution in [0, 0.1) is 11.7 Å². The van der Waals surface area contributed by atoms with Gasteiger partial charge in [-0.3, -0.25) is 0 Å². The Morgan fingerprint density at radius 2 is 1.69 bits per heavy atom. The van der Waals surface area contributed by atoms with E-state index in [1.165, 1.54) is 68.4 Å². The SMILES string of the molecule is CCCC1CCC(c2ccc(C(=O)Oc3ccc4c(F)c(OCC(F)(F)F)ccc4c3)cc2)CC1. The Hall–Kier alpha value is -3.09. The summed E-state index contributed by atoms with van der Waals surface area (Å²) in [5.74, 6) is -0.353. The molecule has 0 radical (unpaired) electrons. The molecular formula is C28H28F4O3. The van der Waals surface area contributed by atoms with Gasteiger partial charge in [-0.2, -0.15) is 13.2 Å². The Balaban J connectivity index is 1.40. The van der Waals surface area contributed by atoms with Gasteiger partial charge in [0.1, 0.15) is 5.75 Å². The van der Waals surface area contributed by atoms with Crippen LogP contribution in [0.3, 0.4) is 0 Å². The van der Waals surface area contributed by atoms with Gasteiger partial charge in [-0.15, -0.1) is 0 Å². The highest BCUT2D eigenvalue weighted by Gasteiger charge is 2.29. The van der Waals surface area contributed by atoms with Gasteiger partial charge in [0, 0.05) is 5.39 Å². The van der Waals surface area contributed by atoms with Gasteiger partial charge in [-0.05, 0) is 84.9 Å². The zero-order valence-corrected chi connectivity index (χ0v) is 19.5. The van der Waals surface area contributed by atoms with Crippen molar-refractivity contribution in [2.24, 2.45) is 5.92 Å². The predicted octanol–water partition coefficient (Wildman–Crippen LogP) is 8.21. The fourth-order valence-electron chi connectivity index (χ4n) is 4.83. The number of alkyl halides is 3. The first-order valence-corrected chi connectivity index (χ1v) is 12.0. The van der Waals surface area contributed by atoms with Crippen LogP contribution >= 0.6 is 0 Å². The van der Waals surface area contributed by atoms with Gasteiger partial charge in [0.15, 0.2) is 18.2 Å². The lowest BCUT2D eigenvalue weighted by Crippen LogP contribution is -2.19. The van der Waals surface area contributed by atoms with Gasteiger partial charge in [-0.25, -0.2) is 9.18 Å². The first-order valence-electron chi connectivity index (χ1n) is 12.0. The number of esters is 1. The number of halogens is 4. The van der Waals surface area contributed by atoms with Crippen molar-refractivity contribution >= 4 is 16.7 Å². The second-order valence-electron chi connectivity index (χ2n) is 9.18. The molecule has 4 rings (SSSR count). The zero-order chi connectivity index (χ0) is 25.0. The predicted molar refractivity (Wildman–Crippen MR) is 126 cm³/mol. The van der Waals surface area contributed by atoms with Crippen LogP contribution in [0.1, 0.15) is 67.3 Å². The summed E-state index contributed by atoms with van der Waals surface area (Å²) in [6.07, 6.45) is 2.81. The Morgan fingerprint density at radius 1 is 0.971 bits per heavy atom. The number of benzene rings is 3. The molecule has 0 aromatic heterocycles. The standard InChI is InChI=1S/C28H28F4O3/c1-2-3-18-4-6-19(7-5-18)20-8-10-21(11-9-20)27(33)35-23-13-14-24-22(16-23)12-15-25(26(24)29)34-17-28(30,31)32/h8-16,18-19H,2-7,17H2,1H3. The summed E-state index contributed by atoms with van der Waals surface area (Å²) in [5.41, 5.74) is 1.65. The smallest absolute Gasteiger partial charge is 0.422 e. The van der Waals surface area contributed by atoms with E-state index in [-0.39, 0.29) is 11.1 Å². The van der Waals surface area contributed by atoms with E-state index in [4.69, 9.17) is 4.74 Å². The van der Waals surface area contributed by atoms with E-state index in [2.05, 4.69) is 11.7 Å². The van der Waals surface area contributed by atoms with Crippen molar-refractivity contribution in [2.45, 2.75) is 57.5 Å². The molecule has 0 atom stereocenters. The highest BCUT2D eigenvalue weighted by atomic mass is 19.4. The summed E-state index contributed by atoms with van der Waals surface area (Å²) < 4.78 is 61.6. The number of rotatable bonds is 7. The van der Waals surface area contributed by atoms with Crippen molar-refractivity contribution in [3.63, 3.8) is 0 Å². The van der Waals surface area contributed by atoms with E-state index in [9.17, 15) is 22.4 Å². The molecule has 1 fully saturated rings. The van der Waals surface area contributed by atoms with E-state index in [0.29, 0.717) is 16.9 Å². The maximum Gasteiger partial charge on any atom is 0.422 e. The largest absolute Gasteiger partial charge is 0.481 e. The van der Waals surface area contributed by atoms with Crippen LogP contribution in [0.2, 0.25) is 0 Å². The van der Waals surface area contributed by atoms with Crippen molar-refractivity contribution in [1.82, 2.24) is 0 Å². The molecule has 3 aromatic rings. The van der Waals surface area contributed by atoms with Crippen LogP contribution in [0.4, 0.5) is 17.6 Å². The third kappa shape index (κ3) is 6.32. The first-order chi connectivity index (χ1) is 16.7. The topological polar surface area (TPSA) is 35.5 Å². The van der Waals surface area contributed by atoms with Gasteiger partial charge in [0.05, 0.1) is 5.56 Å². The molecule has 0 amide bonds. The van der Waals surface area contributed by atoms with Crippen LogP contribution in [0.15, 0.2) is 54.6 Å². The second-order valence-corrected chi connectivity index (χ2v) is 9.18. The molecule has 7 heteroatoms. The highest BCUT2D eigenvalue weighted by Crippen LogP contribution is 2.37. The molecular weight excluding hydrogens is 460 g/mol. The number of carbonyl (C=O) groups excluding carboxylic acids is 1. The molecule has 1 aliphatic carbocycles. The lowest BCUT2D eigenvalue weighted by molar-refractivity contribution is -0.153. The average Bonchev–Trinajstić information content (AvgIpc) is 2.84. The fourth-order valence-corrected chi connectivity index (χ4v) is 4.83. The van der Waals surface area contributed by atoms with Crippen LogP contribution in [-0.2, 0) is 0 Å². The monoisotopic (exact) mass is 488 g/mol. The summed E-state index contributed by atoms with van der Waals surface area (Å²) in [4.78, 5) is 12.6. The minimum Gasteiger partial charge on any atom is -0.481 e. The first kappa shape index (κ1) is 25.0. The van der Waals surface area contributed by atoms with Crippen molar-refractivity contribution < 1.29 is 31.8 Å². The van der Waals surface area contributed by atoms with E-state index < -0.39 is 30.3 Å². The molecule has 0 saturated heterocycles. The number of fused-ring (bicyclic) bond motifs is 1. The number of ether oxygens (including phenoxy) is 2. The van der Waals surface area contributed by atoms with Crippen LogP contribution in [0.5, 0.6) is 11.5 Å². The molecule has 0 bridgehead atoms. The lowest BCUT2D eigenvalue weighted by atomic mass is 9.77. The molecule has 186 valence electrons. The van der Waals surface area contributed by atoms with Crippen LogP contribution in [0.25, 0.3) is 10.8 Å². The maximum atomic E-state index is 14.6. The minimum absolute atomic E-state index is 0.0717. The summed E-state index contributed by atoms with van der Waals surface area (Å²) in [7, 11) is 0. The summed E-state index contributed by atoms with van der Waals surface area (Å²) in [6.45, 7) is 0.650. The highest BCUT2D eigenvalue weighted by molar-refractivity contribution is 5.92. The van der Waals surface area contributed by atoms with Crippen molar-refractivity contribution in [1.29, 1.82) is 0 Å². The summed E-state index contributed by atoms with van der Waals surface area (Å²) in [5, 5.41) is 0.448. The third-order valence-corrected chi connectivity index (χ3v) is 6.65. The Bertz CT molecular complexity index is 1160. The summed E-state index contributed by atoms with van der Waals surface area (Å²) in [6, 6.07) is 14.3. The van der Waals surface area contributed by atoms with E-state index in [1.807, 2.05) is 12.1 Å². The third-order valence-electron chi connectivity index (χ3n) is 6.65. The van der Waals surface area contributed by atoms with E-state index >= 15 is 0 Å². The van der Waals surface area contributed by atoms with Crippen molar-refractivity contribution in [3.8, 4) is 11.5 Å². The van der Waals surface area contributed by atoms with Crippen LogP contribution in [-0.4, -0.2) is 18.8 Å². The van der Waals surface area contributed by atoms with E-state index in [0.717, 1.165) is 12.0 Å². The quantitative estimate of drug-likeness (QED) is 0.191. The van der Waals surface area contributed by atoms with E-state index in [1.54, 1.807) is 12.1 Å². The molecule has 3 nitrogen and oxygen atoms in total. The molecule has 1 aliphatic rings. The van der Waals surface area contributed by atoms with Gasteiger partial charge in [-0.1, -0.05) is 38.0 Å². The molecule has 0 N–H and O–H groups in total. The van der Waals surface area contributed by atoms with Crippen molar-refractivity contribution in [2.75, 3.05) is 6.61 Å². The zero-order valence-electron chi connectivity index (χ0n) is 19.5. The molecule has 0 spiro atoms. The molecule has 1 saturated carbocycles. The molecule has 0 unspecified atom stereocenters. The molecule has 35 heavy (non-hydrogen) atoms. The van der Waals surface area contributed by atoms with Crippen LogP contribution < -0.4 is 9.47 Å². The average molecular weight is 489 g/mol. The number of hydrogen-bond acceptors (Lipinski definition) is 3. The molecule has 0 aliphatic heterocycles. The maximum absolute atomic E-state index is 14.6. The Kier molecular flexibility index (Phi) is 7.63. The molecule has 3 aromatic carbocycles. The van der Waals surface area contributed by atoms with Crippen molar-refractivity contribution in [3.05, 3.63) is 71.5 Å². The van der Waals surface area contributed by atoms with Gasteiger partial charge in [0.25, 0.3) is 0 Å². The Labute approximate surface area is 202 Å². The van der Waals surface area contributed by atoms with Gasteiger partial charge >= 0.3 is 12.1 Å². The second kappa shape index (κ2) is 10.7. The number of hydrogen-bond donors (Lipinski definition) is 0. The Morgan fingerprint density at radius 3 is 2.34 bits per heavy atom. The molecule has 0 heterocycles. The fraction of sp³-hybridized carbons (Fsp3) is 0.393. The number of carbonyl (C=O) groups is 1. The van der Waals surface area contributed by atoms with Gasteiger partial charge in [0.2, 0.25) is 0 Å². The minimum atomic E-state index is -4.56. The lowest BCUT2D eigenvalue weighted by Gasteiger charge is -2.28. The van der Waals surface area contributed by atoms with Gasteiger partial charge < -0.3 is 9.47 Å². The normalized spacial score (nSPS) is 18.4.